The number of carbonyl (C=O) groups is 1. The molecule has 0 aliphatic heterocycles. The summed E-state index contributed by atoms with van der Waals surface area (Å²) in [6.45, 7) is 0.416. The number of hydrogen-bond donors (Lipinski definition) is 1. The highest BCUT2D eigenvalue weighted by molar-refractivity contribution is 6.30. The van der Waals surface area contributed by atoms with E-state index in [0.29, 0.717) is 11.6 Å². The Hall–Kier alpha value is -1.29. The zero-order valence-corrected chi connectivity index (χ0v) is 6.90. The lowest BCUT2D eigenvalue weighted by molar-refractivity contribution is -0.131. The number of allylic oxidation sites excluding steroid dienone is 1. The van der Waals surface area contributed by atoms with E-state index in [1.54, 1.807) is 10.9 Å². The van der Waals surface area contributed by atoms with Gasteiger partial charge in [-0.05, 0) is 0 Å². The van der Waals surface area contributed by atoms with Crippen LogP contribution >= 0.6 is 11.6 Å². The van der Waals surface area contributed by atoms with Crippen molar-refractivity contribution in [3.8, 4) is 0 Å². The first kappa shape index (κ1) is 8.80. The Labute approximate surface area is 74.1 Å². The molecular formula is C7H7ClN2O2. The standard InChI is InChI=1S/C7H7ClN2O2/c8-6-4-9-10(5-6)3-1-2-7(11)12/h1-2,4-5H,3H2,(H,11,12)/b2-1+. The average Bonchev–Trinajstić information content (AvgIpc) is 2.35. The number of carboxylic acids is 1. The van der Waals surface area contributed by atoms with E-state index in [-0.39, 0.29) is 0 Å². The molecule has 1 heterocycles. The van der Waals surface area contributed by atoms with E-state index in [4.69, 9.17) is 16.7 Å². The minimum absolute atomic E-state index is 0.416. The van der Waals surface area contributed by atoms with Crippen LogP contribution in [0.1, 0.15) is 0 Å². The van der Waals surface area contributed by atoms with E-state index < -0.39 is 5.97 Å². The Morgan fingerprint density at radius 1 is 1.83 bits per heavy atom. The van der Waals surface area contributed by atoms with Gasteiger partial charge in [0.2, 0.25) is 0 Å². The number of aliphatic carboxylic acids is 1. The second kappa shape index (κ2) is 3.92. The predicted molar refractivity (Wildman–Crippen MR) is 44.0 cm³/mol. The molecule has 0 fully saturated rings. The molecule has 1 aromatic heterocycles. The van der Waals surface area contributed by atoms with Crippen molar-refractivity contribution < 1.29 is 9.90 Å². The van der Waals surface area contributed by atoms with Gasteiger partial charge in [-0.25, -0.2) is 4.79 Å². The highest BCUT2D eigenvalue weighted by Crippen LogP contribution is 2.04. The van der Waals surface area contributed by atoms with Gasteiger partial charge in [-0.15, -0.1) is 0 Å². The van der Waals surface area contributed by atoms with Crippen molar-refractivity contribution in [3.63, 3.8) is 0 Å². The molecule has 0 bridgehead atoms. The van der Waals surface area contributed by atoms with E-state index in [9.17, 15) is 4.79 Å². The third kappa shape index (κ3) is 2.75. The minimum Gasteiger partial charge on any atom is -0.478 e. The predicted octanol–water partition coefficient (Wildman–Crippen LogP) is 1.18. The first-order valence-electron chi connectivity index (χ1n) is 3.26. The molecule has 0 aliphatic rings. The monoisotopic (exact) mass is 186 g/mol. The van der Waals surface area contributed by atoms with Gasteiger partial charge in [-0.3, -0.25) is 4.68 Å². The summed E-state index contributed by atoms with van der Waals surface area (Å²) in [5.74, 6) is -0.965. The van der Waals surface area contributed by atoms with Crippen molar-refractivity contribution in [1.29, 1.82) is 0 Å². The van der Waals surface area contributed by atoms with Crippen LogP contribution in [0.2, 0.25) is 5.02 Å². The van der Waals surface area contributed by atoms with E-state index in [2.05, 4.69) is 5.10 Å². The highest BCUT2D eigenvalue weighted by Gasteiger charge is 1.92. The van der Waals surface area contributed by atoms with Gasteiger partial charge in [0.15, 0.2) is 0 Å². The van der Waals surface area contributed by atoms with Crippen molar-refractivity contribution in [3.05, 3.63) is 29.6 Å². The summed E-state index contributed by atoms with van der Waals surface area (Å²) in [7, 11) is 0. The average molecular weight is 187 g/mol. The Bertz CT molecular complexity index is 306. The van der Waals surface area contributed by atoms with Gasteiger partial charge in [0, 0.05) is 12.3 Å². The van der Waals surface area contributed by atoms with E-state index in [0.717, 1.165) is 6.08 Å². The Morgan fingerprint density at radius 3 is 3.08 bits per heavy atom. The molecule has 0 aromatic carbocycles. The van der Waals surface area contributed by atoms with E-state index >= 15 is 0 Å². The van der Waals surface area contributed by atoms with Gasteiger partial charge in [0.25, 0.3) is 0 Å². The summed E-state index contributed by atoms with van der Waals surface area (Å²) in [6, 6.07) is 0. The fraction of sp³-hybridized carbons (Fsp3) is 0.143. The smallest absolute Gasteiger partial charge is 0.328 e. The van der Waals surface area contributed by atoms with Gasteiger partial charge in [0.05, 0.1) is 17.8 Å². The van der Waals surface area contributed by atoms with Gasteiger partial charge < -0.3 is 5.11 Å². The van der Waals surface area contributed by atoms with Crippen LogP contribution < -0.4 is 0 Å². The van der Waals surface area contributed by atoms with Gasteiger partial charge >= 0.3 is 5.97 Å². The summed E-state index contributed by atoms with van der Waals surface area (Å²) in [4.78, 5) is 10.1. The molecule has 0 atom stereocenters. The molecule has 0 saturated carbocycles. The zero-order valence-electron chi connectivity index (χ0n) is 6.14. The normalized spacial score (nSPS) is 10.8. The maximum atomic E-state index is 10.1. The molecule has 0 amide bonds. The van der Waals surface area contributed by atoms with Crippen LogP contribution in [0, 0.1) is 0 Å². The number of carboxylic acid groups (broad SMARTS) is 1. The third-order valence-electron chi connectivity index (χ3n) is 1.15. The number of nitrogens with zero attached hydrogens (tertiary/aromatic N) is 2. The molecule has 5 heteroatoms. The van der Waals surface area contributed by atoms with Gasteiger partial charge in [-0.2, -0.15) is 5.10 Å². The summed E-state index contributed by atoms with van der Waals surface area (Å²) in [6.07, 6.45) is 5.67. The molecule has 0 unspecified atom stereocenters. The summed E-state index contributed by atoms with van der Waals surface area (Å²) < 4.78 is 1.54. The highest BCUT2D eigenvalue weighted by atomic mass is 35.5. The maximum absolute atomic E-state index is 10.1. The Morgan fingerprint density at radius 2 is 2.58 bits per heavy atom. The van der Waals surface area contributed by atoms with Crippen LogP contribution in [0.5, 0.6) is 0 Å². The molecule has 1 N–H and O–H groups in total. The first-order valence-corrected chi connectivity index (χ1v) is 3.63. The van der Waals surface area contributed by atoms with Crippen molar-refractivity contribution in [2.24, 2.45) is 0 Å². The van der Waals surface area contributed by atoms with Crippen molar-refractivity contribution in [2.75, 3.05) is 0 Å². The summed E-state index contributed by atoms with van der Waals surface area (Å²) in [5, 5.41) is 12.6. The number of halogens is 1. The van der Waals surface area contributed by atoms with Crippen molar-refractivity contribution >= 4 is 17.6 Å². The zero-order chi connectivity index (χ0) is 8.97. The molecule has 0 radical (unpaired) electrons. The largest absolute Gasteiger partial charge is 0.478 e. The minimum atomic E-state index is -0.965. The molecule has 64 valence electrons. The van der Waals surface area contributed by atoms with Crippen LogP contribution in [0.25, 0.3) is 0 Å². The molecule has 0 aliphatic carbocycles. The first-order chi connectivity index (χ1) is 5.68. The van der Waals surface area contributed by atoms with Crippen LogP contribution in [-0.2, 0) is 11.3 Å². The SMILES string of the molecule is O=C(O)/C=C/Cn1cc(Cl)cn1. The number of rotatable bonds is 3. The van der Waals surface area contributed by atoms with Gasteiger partial charge in [-0.1, -0.05) is 17.7 Å². The molecular weight excluding hydrogens is 180 g/mol. The fourth-order valence-electron chi connectivity index (χ4n) is 0.700. The molecule has 1 rings (SSSR count). The van der Waals surface area contributed by atoms with Crippen LogP contribution in [0.4, 0.5) is 0 Å². The quantitative estimate of drug-likeness (QED) is 0.722. The Balaban J connectivity index is 2.48. The summed E-state index contributed by atoms with van der Waals surface area (Å²) in [5.41, 5.74) is 0. The fourth-order valence-corrected chi connectivity index (χ4v) is 0.856. The number of hydrogen-bond acceptors (Lipinski definition) is 2. The second-order valence-corrected chi connectivity index (χ2v) is 2.56. The number of aromatic nitrogens is 2. The van der Waals surface area contributed by atoms with Crippen LogP contribution in [-0.4, -0.2) is 20.9 Å². The molecule has 0 spiro atoms. The molecule has 12 heavy (non-hydrogen) atoms. The van der Waals surface area contributed by atoms with Gasteiger partial charge in [0.1, 0.15) is 0 Å². The van der Waals surface area contributed by atoms with E-state index in [1.807, 2.05) is 0 Å². The lowest BCUT2D eigenvalue weighted by Crippen LogP contribution is -1.96. The van der Waals surface area contributed by atoms with Crippen LogP contribution in [0.15, 0.2) is 24.5 Å². The lowest BCUT2D eigenvalue weighted by Gasteiger charge is -1.91. The molecule has 4 nitrogen and oxygen atoms in total. The Kier molecular flexibility index (Phi) is 2.88. The van der Waals surface area contributed by atoms with E-state index in [1.165, 1.54) is 12.3 Å². The molecule has 1 aromatic rings. The van der Waals surface area contributed by atoms with Crippen molar-refractivity contribution in [1.82, 2.24) is 9.78 Å². The maximum Gasteiger partial charge on any atom is 0.328 e. The molecule has 0 saturated heterocycles. The second-order valence-electron chi connectivity index (χ2n) is 2.12. The third-order valence-corrected chi connectivity index (χ3v) is 1.35. The van der Waals surface area contributed by atoms with Crippen LogP contribution in [0.3, 0.4) is 0 Å². The van der Waals surface area contributed by atoms with Crippen molar-refractivity contribution in [2.45, 2.75) is 6.54 Å². The topological polar surface area (TPSA) is 55.1 Å². The summed E-state index contributed by atoms with van der Waals surface area (Å²) >= 11 is 5.58. The lowest BCUT2D eigenvalue weighted by atomic mass is 10.5.